The Bertz CT molecular complexity index is 523. The van der Waals surface area contributed by atoms with Crippen LogP contribution < -0.4 is 10.5 Å². The van der Waals surface area contributed by atoms with Gasteiger partial charge in [-0.25, -0.2) is 4.98 Å². The summed E-state index contributed by atoms with van der Waals surface area (Å²) in [5, 5.41) is 0.905. The summed E-state index contributed by atoms with van der Waals surface area (Å²) in [5.74, 6) is 1.23. The Balaban J connectivity index is 2.71. The minimum atomic E-state index is 0.238. The molecular weight excluding hydrogens is 202 g/mol. The molecule has 0 radical (unpaired) electrons. The van der Waals surface area contributed by atoms with Crippen LogP contribution in [0, 0.1) is 0 Å². The standard InChI is InChI=1S/C12H15N3O/c1-7(2)8-4-5-10-9(6-8)11(16-3)15-12(13)14-10/h4-7H,1-3H3,(H2,13,14,15). The Morgan fingerprint density at radius 2 is 2.00 bits per heavy atom. The number of hydrogen-bond acceptors (Lipinski definition) is 4. The minimum absolute atomic E-state index is 0.238. The van der Waals surface area contributed by atoms with Gasteiger partial charge in [0.2, 0.25) is 11.8 Å². The third kappa shape index (κ3) is 1.78. The van der Waals surface area contributed by atoms with Crippen molar-refractivity contribution in [3.63, 3.8) is 0 Å². The molecule has 0 bridgehead atoms. The van der Waals surface area contributed by atoms with Gasteiger partial charge in [0.05, 0.1) is 18.0 Å². The van der Waals surface area contributed by atoms with Gasteiger partial charge in [-0.3, -0.25) is 0 Å². The first kappa shape index (κ1) is 10.7. The molecule has 2 aromatic rings. The molecule has 1 aromatic heterocycles. The van der Waals surface area contributed by atoms with Crippen LogP contribution in [0.1, 0.15) is 25.3 Å². The zero-order chi connectivity index (χ0) is 11.7. The first-order valence-corrected chi connectivity index (χ1v) is 5.23. The van der Waals surface area contributed by atoms with Crippen molar-refractivity contribution in [1.29, 1.82) is 0 Å². The summed E-state index contributed by atoms with van der Waals surface area (Å²) in [7, 11) is 1.59. The van der Waals surface area contributed by atoms with Crippen molar-refractivity contribution in [2.75, 3.05) is 12.8 Å². The first-order chi connectivity index (χ1) is 7.61. The Labute approximate surface area is 94.5 Å². The maximum atomic E-state index is 5.60. The Kier molecular flexibility index (Phi) is 2.64. The lowest BCUT2D eigenvalue weighted by Crippen LogP contribution is -1.99. The van der Waals surface area contributed by atoms with E-state index in [0.717, 1.165) is 10.9 Å². The van der Waals surface area contributed by atoms with Gasteiger partial charge >= 0.3 is 0 Å². The number of nitrogen functional groups attached to an aromatic ring is 1. The molecule has 0 aliphatic rings. The second-order valence-electron chi connectivity index (χ2n) is 4.02. The molecule has 0 amide bonds. The van der Waals surface area contributed by atoms with Gasteiger partial charge < -0.3 is 10.5 Å². The van der Waals surface area contributed by atoms with Crippen LogP contribution in [-0.4, -0.2) is 17.1 Å². The molecule has 4 heteroatoms. The van der Waals surface area contributed by atoms with Gasteiger partial charge in [0.25, 0.3) is 0 Å². The van der Waals surface area contributed by atoms with Crippen LogP contribution >= 0.6 is 0 Å². The molecule has 0 spiro atoms. The Morgan fingerprint density at radius 3 is 2.62 bits per heavy atom. The van der Waals surface area contributed by atoms with Gasteiger partial charge in [-0.05, 0) is 23.6 Å². The predicted molar refractivity (Wildman–Crippen MR) is 64.6 cm³/mol. The fraction of sp³-hybridized carbons (Fsp3) is 0.333. The molecule has 0 saturated heterocycles. The number of nitrogens with zero attached hydrogens (tertiary/aromatic N) is 2. The molecule has 0 unspecified atom stereocenters. The molecule has 1 aromatic carbocycles. The van der Waals surface area contributed by atoms with E-state index in [0.29, 0.717) is 11.8 Å². The van der Waals surface area contributed by atoms with E-state index in [2.05, 4.69) is 35.9 Å². The highest BCUT2D eigenvalue weighted by Gasteiger charge is 2.08. The topological polar surface area (TPSA) is 61.0 Å². The summed E-state index contributed by atoms with van der Waals surface area (Å²) in [6, 6.07) is 6.06. The highest BCUT2D eigenvalue weighted by molar-refractivity contribution is 5.85. The summed E-state index contributed by atoms with van der Waals surface area (Å²) >= 11 is 0. The van der Waals surface area contributed by atoms with Crippen molar-refractivity contribution in [1.82, 2.24) is 9.97 Å². The fourth-order valence-electron chi connectivity index (χ4n) is 1.65. The fourth-order valence-corrected chi connectivity index (χ4v) is 1.65. The van der Waals surface area contributed by atoms with Crippen molar-refractivity contribution >= 4 is 16.9 Å². The number of benzene rings is 1. The molecule has 2 N–H and O–H groups in total. The van der Waals surface area contributed by atoms with E-state index in [-0.39, 0.29) is 5.95 Å². The van der Waals surface area contributed by atoms with Crippen LogP contribution in [0.2, 0.25) is 0 Å². The van der Waals surface area contributed by atoms with Crippen LogP contribution in [0.25, 0.3) is 10.9 Å². The van der Waals surface area contributed by atoms with Crippen LogP contribution in [0.15, 0.2) is 18.2 Å². The van der Waals surface area contributed by atoms with Crippen molar-refractivity contribution < 1.29 is 4.74 Å². The molecule has 16 heavy (non-hydrogen) atoms. The second kappa shape index (κ2) is 3.96. The number of hydrogen-bond donors (Lipinski definition) is 1. The van der Waals surface area contributed by atoms with E-state index >= 15 is 0 Å². The van der Waals surface area contributed by atoms with Crippen molar-refractivity contribution in [2.45, 2.75) is 19.8 Å². The molecule has 0 fully saturated rings. The number of aromatic nitrogens is 2. The average Bonchev–Trinajstić information content (AvgIpc) is 2.27. The van der Waals surface area contributed by atoms with Gasteiger partial charge in [-0.1, -0.05) is 19.9 Å². The van der Waals surface area contributed by atoms with E-state index in [9.17, 15) is 0 Å². The summed E-state index contributed by atoms with van der Waals surface area (Å²) in [6.45, 7) is 4.29. The third-order valence-electron chi connectivity index (χ3n) is 2.56. The van der Waals surface area contributed by atoms with E-state index < -0.39 is 0 Å². The number of methoxy groups -OCH3 is 1. The van der Waals surface area contributed by atoms with Crippen LogP contribution in [0.4, 0.5) is 5.95 Å². The van der Waals surface area contributed by atoms with Gasteiger partial charge in [0.15, 0.2) is 0 Å². The molecule has 2 rings (SSSR count). The Hall–Kier alpha value is -1.84. The Morgan fingerprint density at radius 1 is 1.25 bits per heavy atom. The summed E-state index contributed by atoms with van der Waals surface area (Å²) < 4.78 is 5.21. The van der Waals surface area contributed by atoms with Gasteiger partial charge in [0.1, 0.15) is 0 Å². The largest absolute Gasteiger partial charge is 0.480 e. The number of fused-ring (bicyclic) bond motifs is 1. The maximum absolute atomic E-state index is 5.60. The summed E-state index contributed by atoms with van der Waals surface area (Å²) in [6.07, 6.45) is 0. The van der Waals surface area contributed by atoms with Crippen LogP contribution in [0.5, 0.6) is 5.88 Å². The zero-order valence-electron chi connectivity index (χ0n) is 9.69. The molecule has 0 aliphatic carbocycles. The molecule has 0 atom stereocenters. The SMILES string of the molecule is COc1nc(N)nc2ccc(C(C)C)cc12. The predicted octanol–water partition coefficient (Wildman–Crippen LogP) is 2.34. The van der Waals surface area contributed by atoms with Gasteiger partial charge in [0, 0.05) is 0 Å². The normalized spacial score (nSPS) is 11.0. The van der Waals surface area contributed by atoms with Crippen molar-refractivity contribution in [3.05, 3.63) is 23.8 Å². The lowest BCUT2D eigenvalue weighted by atomic mass is 10.0. The molecule has 4 nitrogen and oxygen atoms in total. The number of ether oxygens (including phenoxy) is 1. The van der Waals surface area contributed by atoms with E-state index in [1.54, 1.807) is 7.11 Å². The number of anilines is 1. The lowest BCUT2D eigenvalue weighted by molar-refractivity contribution is 0.403. The lowest BCUT2D eigenvalue weighted by Gasteiger charge is -2.09. The molecule has 84 valence electrons. The highest BCUT2D eigenvalue weighted by Crippen LogP contribution is 2.26. The smallest absolute Gasteiger partial charge is 0.225 e. The third-order valence-corrected chi connectivity index (χ3v) is 2.56. The highest BCUT2D eigenvalue weighted by atomic mass is 16.5. The molecule has 0 aliphatic heterocycles. The van der Waals surface area contributed by atoms with Crippen molar-refractivity contribution in [3.8, 4) is 5.88 Å². The average molecular weight is 217 g/mol. The quantitative estimate of drug-likeness (QED) is 0.838. The number of rotatable bonds is 2. The minimum Gasteiger partial charge on any atom is -0.480 e. The first-order valence-electron chi connectivity index (χ1n) is 5.23. The summed E-state index contributed by atoms with van der Waals surface area (Å²) in [4.78, 5) is 8.24. The van der Waals surface area contributed by atoms with E-state index in [1.165, 1.54) is 5.56 Å². The molecule has 1 heterocycles. The van der Waals surface area contributed by atoms with Gasteiger partial charge in [-0.2, -0.15) is 4.98 Å². The summed E-state index contributed by atoms with van der Waals surface area (Å²) in [5.41, 5.74) is 7.64. The van der Waals surface area contributed by atoms with Crippen LogP contribution in [0.3, 0.4) is 0 Å². The van der Waals surface area contributed by atoms with Crippen LogP contribution in [-0.2, 0) is 0 Å². The van der Waals surface area contributed by atoms with Gasteiger partial charge in [-0.15, -0.1) is 0 Å². The maximum Gasteiger partial charge on any atom is 0.225 e. The van der Waals surface area contributed by atoms with E-state index in [4.69, 9.17) is 10.5 Å². The monoisotopic (exact) mass is 217 g/mol. The van der Waals surface area contributed by atoms with E-state index in [1.807, 2.05) is 6.07 Å². The molecular formula is C12H15N3O. The number of nitrogens with two attached hydrogens (primary N) is 1. The zero-order valence-corrected chi connectivity index (χ0v) is 9.69. The second-order valence-corrected chi connectivity index (χ2v) is 4.02. The molecule has 0 saturated carbocycles. The van der Waals surface area contributed by atoms with Crippen molar-refractivity contribution in [2.24, 2.45) is 0 Å².